The molecule has 5 rings (SSSR count). The third-order valence-corrected chi connectivity index (χ3v) is 6.98. The number of imidazole rings is 1. The van der Waals surface area contributed by atoms with Gasteiger partial charge in [0.15, 0.2) is 6.10 Å². The first-order chi connectivity index (χ1) is 17.1. The van der Waals surface area contributed by atoms with Crippen molar-refractivity contribution in [2.75, 3.05) is 27.3 Å². The monoisotopic (exact) mass is 476 g/mol. The predicted octanol–water partition coefficient (Wildman–Crippen LogP) is 3.11. The zero-order valence-electron chi connectivity index (χ0n) is 20.3. The van der Waals surface area contributed by atoms with Gasteiger partial charge in [0.1, 0.15) is 22.9 Å². The smallest absolute Gasteiger partial charge is 0.251 e. The van der Waals surface area contributed by atoms with Crippen LogP contribution in [-0.4, -0.2) is 53.8 Å². The van der Waals surface area contributed by atoms with Crippen molar-refractivity contribution in [2.24, 2.45) is 0 Å². The van der Waals surface area contributed by atoms with E-state index in [4.69, 9.17) is 14.2 Å². The topological polar surface area (TPSA) is 77.9 Å². The molecule has 1 N–H and O–H groups in total. The molecule has 2 aliphatic heterocycles. The van der Waals surface area contributed by atoms with Crippen molar-refractivity contribution in [3.63, 3.8) is 0 Å². The number of rotatable bonds is 7. The molecule has 1 aromatic heterocycles. The number of piperidine rings is 1. The lowest BCUT2D eigenvalue weighted by Gasteiger charge is -2.45. The first-order valence-electron chi connectivity index (χ1n) is 12.0. The average Bonchev–Trinajstić information content (AvgIpc) is 3.39. The van der Waals surface area contributed by atoms with E-state index in [0.717, 1.165) is 55.4 Å². The molecule has 0 aliphatic carbocycles. The Bertz CT molecular complexity index is 1150. The highest BCUT2D eigenvalue weighted by Crippen LogP contribution is 2.40. The van der Waals surface area contributed by atoms with Crippen LogP contribution in [0.25, 0.3) is 0 Å². The number of hydrogen-bond acceptors (Lipinski definition) is 6. The van der Waals surface area contributed by atoms with E-state index < -0.39 is 11.7 Å². The van der Waals surface area contributed by atoms with Crippen molar-refractivity contribution >= 4 is 5.91 Å². The molecule has 2 aromatic carbocycles. The molecule has 0 saturated carbocycles. The van der Waals surface area contributed by atoms with Gasteiger partial charge < -0.3 is 24.1 Å². The number of carbonyl (C=O) groups excluding carboxylic acids is 1. The molecular formula is C27H32N4O4. The molecule has 1 amide bonds. The third kappa shape index (κ3) is 5.04. The lowest BCUT2D eigenvalue weighted by atomic mass is 9.88. The summed E-state index contributed by atoms with van der Waals surface area (Å²) in [4.78, 5) is 20.2. The number of amides is 1. The third-order valence-electron chi connectivity index (χ3n) is 6.98. The standard InChI is InChI=1S/C27H32N4O4/c1-33-22-8-6-20(7-9-22)18-30-13-10-27(11-14-30)26-28-12-15-31(26)19-24(35-27)25(32)29-17-21-4-3-5-23(16-21)34-2/h3-9,12,15-16,24H,10-11,13-14,17-19H2,1-2H3,(H,29,32). The van der Waals surface area contributed by atoms with Gasteiger partial charge in [-0.3, -0.25) is 9.69 Å². The van der Waals surface area contributed by atoms with Crippen LogP contribution in [-0.2, 0) is 34.8 Å². The SMILES string of the molecule is COc1ccc(CN2CCC3(CC2)OC(C(=O)NCc2cccc(OC)c2)Cn2ccnc23)cc1. The minimum Gasteiger partial charge on any atom is -0.497 e. The fourth-order valence-electron chi connectivity index (χ4n) is 5.02. The largest absolute Gasteiger partial charge is 0.497 e. The van der Waals surface area contributed by atoms with E-state index in [1.807, 2.05) is 42.6 Å². The second-order valence-corrected chi connectivity index (χ2v) is 9.20. The summed E-state index contributed by atoms with van der Waals surface area (Å²) in [6.45, 7) is 3.51. The Balaban J connectivity index is 1.23. The highest BCUT2D eigenvalue weighted by Gasteiger charge is 2.47. The van der Waals surface area contributed by atoms with Gasteiger partial charge in [-0.15, -0.1) is 0 Å². The predicted molar refractivity (Wildman–Crippen MR) is 131 cm³/mol. The summed E-state index contributed by atoms with van der Waals surface area (Å²) in [5.74, 6) is 2.46. The van der Waals surface area contributed by atoms with Crippen molar-refractivity contribution in [3.8, 4) is 11.5 Å². The minimum absolute atomic E-state index is 0.104. The quantitative estimate of drug-likeness (QED) is 0.565. The fourth-order valence-corrected chi connectivity index (χ4v) is 5.02. The number of fused-ring (bicyclic) bond motifs is 2. The number of nitrogens with one attached hydrogen (secondary N) is 1. The van der Waals surface area contributed by atoms with Crippen molar-refractivity contribution in [1.29, 1.82) is 0 Å². The van der Waals surface area contributed by atoms with Crippen molar-refractivity contribution in [1.82, 2.24) is 19.8 Å². The minimum atomic E-state index is -0.560. The summed E-state index contributed by atoms with van der Waals surface area (Å²) in [7, 11) is 3.32. The molecule has 1 fully saturated rings. The normalized spacial score (nSPS) is 19.2. The molecule has 3 heterocycles. The summed E-state index contributed by atoms with van der Waals surface area (Å²) >= 11 is 0. The first-order valence-corrected chi connectivity index (χ1v) is 12.0. The van der Waals surface area contributed by atoms with E-state index >= 15 is 0 Å². The van der Waals surface area contributed by atoms with Crippen LogP contribution in [0, 0.1) is 0 Å². The van der Waals surface area contributed by atoms with Crippen molar-refractivity contribution in [2.45, 2.75) is 44.2 Å². The van der Waals surface area contributed by atoms with E-state index in [1.165, 1.54) is 5.56 Å². The molecule has 0 bridgehead atoms. The maximum Gasteiger partial charge on any atom is 0.251 e. The number of carbonyl (C=O) groups is 1. The Kier molecular flexibility index (Phi) is 6.74. The Morgan fingerprint density at radius 2 is 1.86 bits per heavy atom. The van der Waals surface area contributed by atoms with Crippen LogP contribution >= 0.6 is 0 Å². The lowest BCUT2D eigenvalue weighted by molar-refractivity contribution is -0.174. The van der Waals surface area contributed by atoms with Crippen molar-refractivity contribution in [3.05, 3.63) is 77.9 Å². The van der Waals surface area contributed by atoms with Crippen LogP contribution in [0.4, 0.5) is 0 Å². The van der Waals surface area contributed by atoms with Crippen LogP contribution in [0.3, 0.4) is 0 Å². The number of aromatic nitrogens is 2. The zero-order valence-corrected chi connectivity index (χ0v) is 20.3. The van der Waals surface area contributed by atoms with Gasteiger partial charge >= 0.3 is 0 Å². The van der Waals surface area contributed by atoms with E-state index in [2.05, 4.69) is 31.9 Å². The second kappa shape index (κ2) is 10.1. The summed E-state index contributed by atoms with van der Waals surface area (Å²) in [6.07, 6.45) is 4.78. The average molecular weight is 477 g/mol. The van der Waals surface area contributed by atoms with E-state index in [9.17, 15) is 4.79 Å². The molecule has 2 aliphatic rings. The van der Waals surface area contributed by atoms with Gasteiger partial charge in [-0.2, -0.15) is 0 Å². The van der Waals surface area contributed by atoms with Gasteiger partial charge in [-0.05, 0) is 48.2 Å². The molecule has 1 unspecified atom stereocenters. The number of methoxy groups -OCH3 is 2. The van der Waals surface area contributed by atoms with Gasteiger partial charge in [0, 0.05) is 38.6 Å². The first kappa shape index (κ1) is 23.4. The van der Waals surface area contributed by atoms with Crippen LogP contribution in [0.2, 0.25) is 0 Å². The summed E-state index contributed by atoms with van der Waals surface area (Å²) < 4.78 is 19.2. The fraction of sp³-hybridized carbons (Fsp3) is 0.407. The summed E-state index contributed by atoms with van der Waals surface area (Å²) in [5, 5.41) is 3.04. The van der Waals surface area contributed by atoms with Gasteiger partial charge in [0.05, 0.1) is 20.8 Å². The van der Waals surface area contributed by atoms with E-state index in [0.29, 0.717) is 13.1 Å². The molecule has 1 spiro atoms. The highest BCUT2D eigenvalue weighted by molar-refractivity contribution is 5.81. The molecule has 0 radical (unpaired) electrons. The van der Waals surface area contributed by atoms with Crippen LogP contribution in [0.1, 0.15) is 29.8 Å². The van der Waals surface area contributed by atoms with E-state index in [-0.39, 0.29) is 5.91 Å². The van der Waals surface area contributed by atoms with Gasteiger partial charge in [0.25, 0.3) is 5.91 Å². The molecule has 1 saturated heterocycles. The summed E-state index contributed by atoms with van der Waals surface area (Å²) in [5.41, 5.74) is 1.69. The molecule has 8 nitrogen and oxygen atoms in total. The number of hydrogen-bond donors (Lipinski definition) is 1. The number of benzene rings is 2. The van der Waals surface area contributed by atoms with Gasteiger partial charge in [0.2, 0.25) is 0 Å². The molecule has 1 atom stereocenters. The second-order valence-electron chi connectivity index (χ2n) is 9.20. The van der Waals surface area contributed by atoms with Crippen LogP contribution in [0.5, 0.6) is 11.5 Å². The van der Waals surface area contributed by atoms with Crippen molar-refractivity contribution < 1.29 is 19.0 Å². The highest BCUT2D eigenvalue weighted by atomic mass is 16.5. The molecule has 184 valence electrons. The Hall–Kier alpha value is -3.36. The van der Waals surface area contributed by atoms with Gasteiger partial charge in [-0.1, -0.05) is 24.3 Å². The lowest BCUT2D eigenvalue weighted by Crippen LogP contribution is -2.53. The maximum atomic E-state index is 13.1. The van der Waals surface area contributed by atoms with Crippen LogP contribution < -0.4 is 14.8 Å². The maximum absolute atomic E-state index is 13.1. The zero-order chi connectivity index (χ0) is 24.3. The Morgan fingerprint density at radius 1 is 1.09 bits per heavy atom. The Morgan fingerprint density at radius 3 is 2.60 bits per heavy atom. The molecule has 3 aromatic rings. The molecular weight excluding hydrogens is 444 g/mol. The van der Waals surface area contributed by atoms with E-state index in [1.54, 1.807) is 20.4 Å². The number of nitrogens with zero attached hydrogens (tertiary/aromatic N) is 3. The number of likely N-dealkylation sites (tertiary alicyclic amines) is 1. The summed E-state index contributed by atoms with van der Waals surface area (Å²) in [6, 6.07) is 15.9. The van der Waals surface area contributed by atoms with Gasteiger partial charge in [-0.25, -0.2) is 4.98 Å². The van der Waals surface area contributed by atoms with Crippen LogP contribution in [0.15, 0.2) is 60.9 Å². The molecule has 35 heavy (non-hydrogen) atoms. The number of ether oxygens (including phenoxy) is 3. The Labute approximate surface area is 205 Å². The molecule has 8 heteroatoms.